The second-order valence-corrected chi connectivity index (χ2v) is 7.96. The fraction of sp³-hybridized carbons (Fsp3) is 0.600. The van der Waals surface area contributed by atoms with E-state index in [0.29, 0.717) is 30.1 Å². The summed E-state index contributed by atoms with van der Waals surface area (Å²) in [6, 6.07) is 3.37. The van der Waals surface area contributed by atoms with Gasteiger partial charge in [0.05, 0.1) is 12.1 Å². The molecule has 9 nitrogen and oxygen atoms in total. The van der Waals surface area contributed by atoms with Gasteiger partial charge in [0.1, 0.15) is 5.82 Å². The fourth-order valence-electron chi connectivity index (χ4n) is 4.11. The van der Waals surface area contributed by atoms with Crippen LogP contribution in [0.25, 0.3) is 11.2 Å². The first-order valence-electron chi connectivity index (χ1n) is 10.0. The van der Waals surface area contributed by atoms with Crippen molar-refractivity contribution in [2.24, 2.45) is 19.5 Å². The number of rotatable bonds is 7. The predicted molar refractivity (Wildman–Crippen MR) is 109 cm³/mol. The Hall–Kier alpha value is -2.68. The third-order valence-electron chi connectivity index (χ3n) is 5.85. The normalized spacial score (nSPS) is 19.1. The first kappa shape index (κ1) is 21.0. The summed E-state index contributed by atoms with van der Waals surface area (Å²) >= 11 is 0. The number of nitrogens with zero attached hydrogens (tertiary/aromatic N) is 4. The summed E-state index contributed by atoms with van der Waals surface area (Å²) in [5, 5.41) is 12.4. The molecule has 29 heavy (non-hydrogen) atoms. The van der Waals surface area contributed by atoms with Gasteiger partial charge in [0, 0.05) is 45.4 Å². The molecule has 0 saturated carbocycles. The number of pyridine rings is 1. The molecule has 1 aliphatic heterocycles. The maximum atomic E-state index is 12.5. The largest absolute Gasteiger partial charge is 0.396 e. The Balaban J connectivity index is 1.56. The maximum absolute atomic E-state index is 12.5. The van der Waals surface area contributed by atoms with Crippen LogP contribution in [0.15, 0.2) is 16.9 Å². The topological polar surface area (TPSA) is 109 Å². The molecular formula is C20H29N5O4. The summed E-state index contributed by atoms with van der Waals surface area (Å²) in [7, 11) is 3.30. The Bertz CT molecular complexity index is 979. The van der Waals surface area contributed by atoms with E-state index in [9.17, 15) is 19.5 Å². The molecule has 2 aromatic rings. The molecule has 2 N–H and O–H groups in total. The van der Waals surface area contributed by atoms with E-state index in [4.69, 9.17) is 0 Å². The van der Waals surface area contributed by atoms with Crippen molar-refractivity contribution in [3.8, 4) is 0 Å². The van der Waals surface area contributed by atoms with Crippen molar-refractivity contribution in [1.29, 1.82) is 0 Å². The van der Waals surface area contributed by atoms with Crippen molar-refractivity contribution >= 4 is 28.8 Å². The van der Waals surface area contributed by atoms with Crippen molar-refractivity contribution in [2.75, 3.05) is 25.0 Å². The second-order valence-electron chi connectivity index (χ2n) is 7.96. The molecule has 3 heterocycles. The molecule has 0 spiro atoms. The van der Waals surface area contributed by atoms with Gasteiger partial charge in [0.2, 0.25) is 11.8 Å². The third kappa shape index (κ3) is 4.19. The molecule has 0 aromatic carbocycles. The van der Waals surface area contributed by atoms with Crippen LogP contribution in [0, 0.1) is 5.41 Å². The van der Waals surface area contributed by atoms with Crippen LogP contribution in [0.2, 0.25) is 0 Å². The highest BCUT2D eigenvalue weighted by Gasteiger charge is 2.38. The third-order valence-corrected chi connectivity index (χ3v) is 5.85. The number of carbonyl (C=O) groups excluding carboxylic acids is 2. The quantitative estimate of drug-likeness (QED) is 0.717. The van der Waals surface area contributed by atoms with Crippen molar-refractivity contribution < 1.29 is 14.7 Å². The number of aliphatic hydroxyl groups excluding tert-OH is 1. The Morgan fingerprint density at radius 2 is 2.00 bits per heavy atom. The molecule has 158 valence electrons. The second kappa shape index (κ2) is 8.36. The van der Waals surface area contributed by atoms with E-state index in [1.54, 1.807) is 31.1 Å². The lowest BCUT2D eigenvalue weighted by Crippen LogP contribution is -2.34. The van der Waals surface area contributed by atoms with Gasteiger partial charge in [0.25, 0.3) is 0 Å². The molecule has 3 rings (SSSR count). The first-order valence-corrected chi connectivity index (χ1v) is 10.0. The minimum atomic E-state index is -0.299. The van der Waals surface area contributed by atoms with Crippen molar-refractivity contribution in [3.05, 3.63) is 22.6 Å². The predicted octanol–water partition coefficient (Wildman–Crippen LogP) is 1.00. The van der Waals surface area contributed by atoms with Gasteiger partial charge in [-0.15, -0.1) is 0 Å². The summed E-state index contributed by atoms with van der Waals surface area (Å²) in [6.45, 7) is 3.34. The van der Waals surface area contributed by atoms with Crippen molar-refractivity contribution in [1.82, 2.24) is 19.0 Å². The number of hydrogen-bond acceptors (Lipinski definition) is 5. The van der Waals surface area contributed by atoms with Crippen molar-refractivity contribution in [3.63, 3.8) is 0 Å². The number of aliphatic hydroxyl groups is 1. The SMILES string of the molecule is CCCC1(CO)CCN(C(=O)CCC(=O)Nc2ccc3c(n2)n(C)c(=O)n3C)C1. The zero-order valence-corrected chi connectivity index (χ0v) is 17.3. The van der Waals surface area contributed by atoms with Gasteiger partial charge in [-0.05, 0) is 25.0 Å². The summed E-state index contributed by atoms with van der Waals surface area (Å²) in [5.41, 5.74) is 0.783. The molecule has 9 heteroatoms. The van der Waals surface area contributed by atoms with E-state index in [1.807, 2.05) is 0 Å². The van der Waals surface area contributed by atoms with Crippen LogP contribution in [0.5, 0.6) is 0 Å². The monoisotopic (exact) mass is 403 g/mol. The molecule has 0 radical (unpaired) electrons. The molecular weight excluding hydrogens is 374 g/mol. The summed E-state index contributed by atoms with van der Waals surface area (Å²) in [6.07, 6.45) is 2.84. The number of anilines is 1. The highest BCUT2D eigenvalue weighted by Crippen LogP contribution is 2.35. The highest BCUT2D eigenvalue weighted by atomic mass is 16.3. The number of carbonyl (C=O) groups is 2. The number of fused-ring (bicyclic) bond motifs is 1. The Morgan fingerprint density at radius 1 is 1.24 bits per heavy atom. The lowest BCUT2D eigenvalue weighted by Gasteiger charge is -2.26. The van der Waals surface area contributed by atoms with Crippen LogP contribution in [0.4, 0.5) is 5.82 Å². The number of nitrogens with one attached hydrogen (secondary N) is 1. The summed E-state index contributed by atoms with van der Waals surface area (Å²) in [5.74, 6) is -0.0210. The average Bonchev–Trinajstić information content (AvgIpc) is 3.23. The van der Waals surface area contributed by atoms with Crippen LogP contribution in [-0.2, 0) is 23.7 Å². The van der Waals surface area contributed by atoms with Crippen LogP contribution in [0.1, 0.15) is 39.0 Å². The Kier molecular flexibility index (Phi) is 6.07. The van der Waals surface area contributed by atoms with E-state index in [0.717, 1.165) is 19.3 Å². The van der Waals surface area contributed by atoms with Gasteiger partial charge in [-0.1, -0.05) is 13.3 Å². The zero-order chi connectivity index (χ0) is 21.2. The lowest BCUT2D eigenvalue weighted by atomic mass is 9.83. The van der Waals surface area contributed by atoms with Gasteiger partial charge in [-0.3, -0.25) is 18.7 Å². The van der Waals surface area contributed by atoms with Crippen LogP contribution in [0.3, 0.4) is 0 Å². The number of imidazole rings is 1. The Labute approximate surface area is 169 Å². The number of amides is 2. The van der Waals surface area contributed by atoms with E-state index >= 15 is 0 Å². The first-order chi connectivity index (χ1) is 13.8. The number of aryl methyl sites for hydroxylation is 2. The number of aromatic nitrogens is 3. The van der Waals surface area contributed by atoms with Crippen LogP contribution in [-0.4, -0.2) is 55.6 Å². The molecule has 1 aliphatic rings. The molecule has 1 saturated heterocycles. The average molecular weight is 403 g/mol. The van der Waals surface area contributed by atoms with Gasteiger partial charge in [0.15, 0.2) is 5.65 Å². The molecule has 0 aliphatic carbocycles. The minimum absolute atomic E-state index is 0.0582. The molecule has 2 amide bonds. The van der Waals surface area contributed by atoms with E-state index in [2.05, 4.69) is 17.2 Å². The summed E-state index contributed by atoms with van der Waals surface area (Å²) < 4.78 is 2.92. The minimum Gasteiger partial charge on any atom is -0.396 e. The van der Waals surface area contributed by atoms with Gasteiger partial charge >= 0.3 is 5.69 Å². The van der Waals surface area contributed by atoms with E-state index < -0.39 is 0 Å². The van der Waals surface area contributed by atoms with E-state index in [1.165, 1.54) is 9.13 Å². The number of hydrogen-bond donors (Lipinski definition) is 2. The standard InChI is InChI=1S/C20H29N5O4/c1-4-9-20(13-26)10-11-25(12-20)17(28)8-7-16(27)21-15-6-5-14-18(22-15)24(3)19(29)23(14)2/h5-6,26H,4,7-13H2,1-3H3,(H,21,22,27). The molecule has 1 fully saturated rings. The zero-order valence-electron chi connectivity index (χ0n) is 17.3. The van der Waals surface area contributed by atoms with Gasteiger partial charge in [-0.2, -0.15) is 0 Å². The molecule has 0 bridgehead atoms. The van der Waals surface area contributed by atoms with Gasteiger partial charge in [-0.25, -0.2) is 9.78 Å². The summed E-state index contributed by atoms with van der Waals surface area (Å²) in [4.78, 5) is 42.8. The highest BCUT2D eigenvalue weighted by molar-refractivity contribution is 5.93. The molecule has 2 aromatic heterocycles. The maximum Gasteiger partial charge on any atom is 0.329 e. The lowest BCUT2D eigenvalue weighted by molar-refractivity contribution is -0.132. The van der Waals surface area contributed by atoms with E-state index in [-0.39, 0.29) is 42.4 Å². The fourth-order valence-corrected chi connectivity index (χ4v) is 4.11. The smallest absolute Gasteiger partial charge is 0.329 e. The van der Waals surface area contributed by atoms with Gasteiger partial charge < -0.3 is 15.3 Å². The Morgan fingerprint density at radius 3 is 2.69 bits per heavy atom. The molecule has 1 atom stereocenters. The van der Waals surface area contributed by atoms with Crippen molar-refractivity contribution in [2.45, 2.75) is 39.0 Å². The molecule has 1 unspecified atom stereocenters. The number of likely N-dealkylation sites (tertiary alicyclic amines) is 1. The van der Waals surface area contributed by atoms with Crippen LogP contribution < -0.4 is 11.0 Å². The van der Waals surface area contributed by atoms with Crippen LogP contribution >= 0.6 is 0 Å².